The van der Waals surface area contributed by atoms with E-state index in [1.54, 1.807) is 19.2 Å². The number of halogens is 1. The molecule has 0 aliphatic heterocycles. The maximum Gasteiger partial charge on any atom is 0.180 e. The van der Waals surface area contributed by atoms with Crippen LogP contribution in [0.3, 0.4) is 0 Å². The Morgan fingerprint density at radius 1 is 1.62 bits per heavy atom. The van der Waals surface area contributed by atoms with E-state index in [0.29, 0.717) is 5.56 Å². The molecule has 1 rings (SSSR count). The van der Waals surface area contributed by atoms with Crippen molar-refractivity contribution in [1.29, 1.82) is 0 Å². The van der Waals surface area contributed by atoms with Crippen LogP contribution < -0.4 is 5.32 Å². The van der Waals surface area contributed by atoms with Crippen LogP contribution in [0.4, 0.5) is 0 Å². The smallest absolute Gasteiger partial charge is 0.180 e. The minimum Gasteiger partial charge on any atom is -0.507 e. The second-order valence-corrected chi connectivity index (χ2v) is 3.53. The van der Waals surface area contributed by atoms with E-state index in [1.165, 1.54) is 6.07 Å². The number of aromatic hydroxyl groups is 1. The minimum atomic E-state index is -0.124. The number of ketones is 1. The summed E-state index contributed by atoms with van der Waals surface area (Å²) in [5.41, 5.74) is 0.337. The Morgan fingerprint density at radius 3 is 2.92 bits per heavy atom. The van der Waals surface area contributed by atoms with Gasteiger partial charge in [-0.25, -0.2) is 0 Å². The molecule has 1 aromatic carbocycles. The molecule has 0 fully saturated rings. The van der Waals surface area contributed by atoms with E-state index in [1.807, 2.05) is 0 Å². The van der Waals surface area contributed by atoms with Gasteiger partial charge in [0.1, 0.15) is 5.75 Å². The summed E-state index contributed by atoms with van der Waals surface area (Å²) in [6, 6.07) is 4.79. The number of likely N-dealkylation sites (N-methyl/N-ethyl adjacent to an activating group) is 1. The number of Topliss-reactive ketones (excluding diaryl/α,β-unsaturated/α-hetero) is 1. The third kappa shape index (κ3) is 2.54. The van der Waals surface area contributed by atoms with Gasteiger partial charge in [-0.2, -0.15) is 0 Å². The van der Waals surface area contributed by atoms with E-state index in [2.05, 4.69) is 21.2 Å². The van der Waals surface area contributed by atoms with Crippen LogP contribution in [0.15, 0.2) is 22.7 Å². The van der Waals surface area contributed by atoms with Crippen LogP contribution in [0.1, 0.15) is 10.4 Å². The lowest BCUT2D eigenvalue weighted by Crippen LogP contribution is -2.18. The summed E-state index contributed by atoms with van der Waals surface area (Å²) in [6.07, 6.45) is 0. The predicted octanol–water partition coefficient (Wildman–Crippen LogP) is 1.56. The number of phenolic OH excluding ortho intramolecular Hbond substituents is 1. The highest BCUT2D eigenvalue weighted by Gasteiger charge is 2.09. The SMILES string of the molecule is CNCC(=O)c1cc(Br)ccc1O. The molecule has 3 nitrogen and oxygen atoms in total. The average Bonchev–Trinajstić information content (AvgIpc) is 2.09. The van der Waals surface area contributed by atoms with E-state index in [0.717, 1.165) is 4.47 Å². The Kier molecular flexibility index (Phi) is 3.45. The van der Waals surface area contributed by atoms with Crippen LogP contribution in [-0.2, 0) is 0 Å². The summed E-state index contributed by atoms with van der Waals surface area (Å²) in [6.45, 7) is 0.226. The number of phenols is 1. The summed E-state index contributed by atoms with van der Waals surface area (Å²) in [5.74, 6) is -0.107. The first-order valence-electron chi connectivity index (χ1n) is 3.81. The number of benzene rings is 1. The second kappa shape index (κ2) is 4.39. The first-order chi connectivity index (χ1) is 6.15. The van der Waals surface area contributed by atoms with E-state index in [4.69, 9.17) is 0 Å². The fourth-order valence-electron chi connectivity index (χ4n) is 0.987. The monoisotopic (exact) mass is 243 g/mol. The van der Waals surface area contributed by atoms with Crippen LogP contribution in [0.25, 0.3) is 0 Å². The van der Waals surface area contributed by atoms with Crippen molar-refractivity contribution < 1.29 is 9.90 Å². The average molecular weight is 244 g/mol. The molecule has 0 bridgehead atoms. The zero-order chi connectivity index (χ0) is 9.84. The van der Waals surface area contributed by atoms with Crippen molar-refractivity contribution in [2.24, 2.45) is 0 Å². The molecular weight excluding hydrogens is 234 g/mol. The van der Waals surface area contributed by atoms with Gasteiger partial charge in [0.05, 0.1) is 12.1 Å². The van der Waals surface area contributed by atoms with Crippen molar-refractivity contribution in [2.75, 3.05) is 13.6 Å². The summed E-state index contributed by atoms with van der Waals surface area (Å²) >= 11 is 3.23. The van der Waals surface area contributed by atoms with Gasteiger partial charge in [-0.1, -0.05) is 15.9 Å². The number of nitrogens with one attached hydrogen (secondary N) is 1. The number of rotatable bonds is 3. The largest absolute Gasteiger partial charge is 0.507 e. The summed E-state index contributed by atoms with van der Waals surface area (Å²) in [5, 5.41) is 12.1. The molecule has 0 radical (unpaired) electrons. The van der Waals surface area contributed by atoms with E-state index >= 15 is 0 Å². The molecule has 4 heteroatoms. The van der Waals surface area contributed by atoms with Crippen LogP contribution in [0, 0.1) is 0 Å². The molecular formula is C9H10BrNO2. The van der Waals surface area contributed by atoms with Crippen LogP contribution in [0.2, 0.25) is 0 Å². The van der Waals surface area contributed by atoms with Crippen LogP contribution in [-0.4, -0.2) is 24.5 Å². The van der Waals surface area contributed by atoms with Crippen molar-refractivity contribution in [3.63, 3.8) is 0 Å². The van der Waals surface area contributed by atoms with Crippen molar-refractivity contribution >= 4 is 21.7 Å². The molecule has 70 valence electrons. The zero-order valence-electron chi connectivity index (χ0n) is 7.17. The molecule has 0 saturated carbocycles. The van der Waals surface area contributed by atoms with Gasteiger partial charge in [0.2, 0.25) is 0 Å². The third-order valence-corrected chi connectivity index (χ3v) is 2.09. The maximum atomic E-state index is 11.4. The number of carbonyl (C=O) groups is 1. The number of carbonyl (C=O) groups excluding carboxylic acids is 1. The van der Waals surface area contributed by atoms with Crippen LogP contribution >= 0.6 is 15.9 Å². The van der Waals surface area contributed by atoms with Crippen molar-refractivity contribution in [3.05, 3.63) is 28.2 Å². The number of hydrogen-bond acceptors (Lipinski definition) is 3. The molecule has 0 heterocycles. The van der Waals surface area contributed by atoms with Crippen molar-refractivity contribution in [3.8, 4) is 5.75 Å². The van der Waals surface area contributed by atoms with Crippen molar-refractivity contribution in [1.82, 2.24) is 5.32 Å². The molecule has 0 unspecified atom stereocenters. The summed E-state index contributed by atoms with van der Waals surface area (Å²) in [7, 11) is 1.69. The lowest BCUT2D eigenvalue weighted by Gasteiger charge is -2.03. The second-order valence-electron chi connectivity index (χ2n) is 2.61. The molecule has 0 aromatic heterocycles. The lowest BCUT2D eigenvalue weighted by atomic mass is 10.1. The normalized spacial score (nSPS) is 10.0. The molecule has 0 amide bonds. The van der Waals surface area contributed by atoms with Gasteiger partial charge in [-0.3, -0.25) is 4.79 Å². The molecule has 0 atom stereocenters. The van der Waals surface area contributed by atoms with Gasteiger partial charge >= 0.3 is 0 Å². The fourth-order valence-corrected chi connectivity index (χ4v) is 1.35. The van der Waals surface area contributed by atoms with Crippen molar-refractivity contribution in [2.45, 2.75) is 0 Å². The standard InChI is InChI=1S/C9H10BrNO2/c1-11-5-9(13)7-4-6(10)2-3-8(7)12/h2-4,11-12H,5H2,1H3. The highest BCUT2D eigenvalue weighted by Crippen LogP contribution is 2.21. The van der Waals surface area contributed by atoms with E-state index in [-0.39, 0.29) is 18.1 Å². The molecule has 0 aliphatic rings. The predicted molar refractivity (Wildman–Crippen MR) is 54.1 cm³/mol. The van der Waals surface area contributed by atoms with Gasteiger partial charge in [0.15, 0.2) is 5.78 Å². The first-order valence-corrected chi connectivity index (χ1v) is 4.60. The highest BCUT2D eigenvalue weighted by atomic mass is 79.9. The molecule has 1 aromatic rings. The molecule has 2 N–H and O–H groups in total. The van der Waals surface area contributed by atoms with Gasteiger partial charge in [0, 0.05) is 4.47 Å². The van der Waals surface area contributed by atoms with Gasteiger partial charge < -0.3 is 10.4 Å². The fraction of sp³-hybridized carbons (Fsp3) is 0.222. The third-order valence-electron chi connectivity index (χ3n) is 1.60. The number of hydrogen-bond donors (Lipinski definition) is 2. The van der Waals surface area contributed by atoms with Gasteiger partial charge in [0.25, 0.3) is 0 Å². The topological polar surface area (TPSA) is 49.3 Å². The Morgan fingerprint density at radius 2 is 2.31 bits per heavy atom. The Hall–Kier alpha value is -0.870. The Bertz CT molecular complexity index is 325. The van der Waals surface area contributed by atoms with Crippen LogP contribution in [0.5, 0.6) is 5.75 Å². The Balaban J connectivity index is 2.99. The molecule has 0 spiro atoms. The lowest BCUT2D eigenvalue weighted by molar-refractivity contribution is 0.0991. The van der Waals surface area contributed by atoms with Gasteiger partial charge in [-0.15, -0.1) is 0 Å². The summed E-state index contributed by atoms with van der Waals surface area (Å²) in [4.78, 5) is 11.4. The first kappa shape index (κ1) is 10.2. The minimum absolute atomic E-state index is 0.0171. The maximum absolute atomic E-state index is 11.4. The highest BCUT2D eigenvalue weighted by molar-refractivity contribution is 9.10. The zero-order valence-corrected chi connectivity index (χ0v) is 8.76. The molecule has 13 heavy (non-hydrogen) atoms. The Labute approximate surface area is 84.9 Å². The van der Waals surface area contributed by atoms with Gasteiger partial charge in [-0.05, 0) is 25.2 Å². The van der Waals surface area contributed by atoms with E-state index < -0.39 is 0 Å². The molecule has 0 aliphatic carbocycles. The molecule has 0 saturated heterocycles. The quantitative estimate of drug-likeness (QED) is 0.793. The summed E-state index contributed by atoms with van der Waals surface area (Å²) < 4.78 is 0.782. The van der Waals surface area contributed by atoms with E-state index in [9.17, 15) is 9.90 Å².